The maximum Gasteiger partial charge on any atom is 0.265 e. The number of benzene rings is 4. The summed E-state index contributed by atoms with van der Waals surface area (Å²) < 4.78 is 96.5. The Hall–Kier alpha value is -4.03. The Labute approximate surface area is 474 Å². The first kappa shape index (κ1) is 58.2. The number of nitrogens with zero attached hydrogens (tertiary/aromatic N) is 3. The first-order valence-corrected chi connectivity index (χ1v) is 27.7. The molecule has 0 spiro atoms. The molecule has 0 aliphatic carbocycles. The molecule has 6 heterocycles. The Morgan fingerprint density at radius 1 is 0.671 bits per heavy atom. The Kier molecular flexibility index (Phi) is 18.9. The van der Waals surface area contributed by atoms with Crippen LogP contribution in [0.15, 0.2) is 126 Å². The summed E-state index contributed by atoms with van der Waals surface area (Å²) in [5, 5.41) is 12.7. The van der Waals surface area contributed by atoms with Crippen LogP contribution in [0.25, 0.3) is 10.4 Å². The minimum Gasteiger partial charge on any atom is -0.445 e. The lowest BCUT2D eigenvalue weighted by Gasteiger charge is -2.48. The van der Waals surface area contributed by atoms with Crippen LogP contribution < -0.4 is 0 Å². The molecule has 6 aliphatic heterocycles. The Morgan fingerprint density at radius 3 is 1.91 bits per heavy atom. The van der Waals surface area contributed by atoms with Gasteiger partial charge >= 0.3 is 0 Å². The molecule has 6 fully saturated rings. The van der Waals surface area contributed by atoms with Gasteiger partial charge in [0, 0.05) is 16.4 Å². The highest BCUT2D eigenvalue weighted by molar-refractivity contribution is 6.76. The van der Waals surface area contributed by atoms with E-state index >= 15 is 0 Å². The van der Waals surface area contributed by atoms with Gasteiger partial charge in [0.15, 0.2) is 30.9 Å². The van der Waals surface area contributed by atoms with Crippen LogP contribution >= 0.6 is 34.8 Å². The number of hydrogen-bond acceptors (Lipinski definition) is 17. The van der Waals surface area contributed by atoms with Crippen molar-refractivity contribution in [2.45, 2.75) is 162 Å². The largest absolute Gasteiger partial charge is 0.445 e. The van der Waals surface area contributed by atoms with Crippen LogP contribution in [-0.2, 0) is 90.9 Å². The number of alkyl halides is 3. The van der Waals surface area contributed by atoms with Crippen LogP contribution in [0.5, 0.6) is 0 Å². The van der Waals surface area contributed by atoms with Crippen molar-refractivity contribution in [1.29, 1.82) is 5.41 Å². The molecule has 79 heavy (non-hydrogen) atoms. The van der Waals surface area contributed by atoms with Crippen LogP contribution in [0.3, 0.4) is 0 Å². The summed E-state index contributed by atoms with van der Waals surface area (Å²) in [6, 6.07) is 38.3. The van der Waals surface area contributed by atoms with Crippen molar-refractivity contribution in [2.24, 2.45) is 17.0 Å². The molecule has 6 saturated heterocycles. The van der Waals surface area contributed by atoms with E-state index in [2.05, 4.69) is 10.0 Å². The molecule has 22 heteroatoms. The summed E-state index contributed by atoms with van der Waals surface area (Å²) in [4.78, 5) is 3.15. The normalized spacial score (nSPS) is 36.0. The van der Waals surface area contributed by atoms with Crippen molar-refractivity contribution in [3.63, 3.8) is 0 Å². The molecular weight excluding hydrogens is 1090 g/mol. The first-order chi connectivity index (χ1) is 38.1. The van der Waals surface area contributed by atoms with Gasteiger partial charge in [0.05, 0.1) is 70.6 Å². The lowest BCUT2D eigenvalue weighted by atomic mass is 9.88. The molecule has 10 rings (SSSR count). The zero-order valence-electron chi connectivity index (χ0n) is 44.4. The van der Waals surface area contributed by atoms with E-state index in [1.807, 2.05) is 135 Å². The maximum absolute atomic E-state index is 9.80. The Bertz CT molecular complexity index is 2650. The van der Waals surface area contributed by atoms with Crippen molar-refractivity contribution in [3.8, 4) is 0 Å². The zero-order valence-corrected chi connectivity index (χ0v) is 46.7. The molecule has 0 aromatic heterocycles. The number of hydrogen-bond donors (Lipinski definition) is 1. The molecule has 0 bridgehead atoms. The molecule has 4 aromatic rings. The van der Waals surface area contributed by atoms with Gasteiger partial charge in [0.25, 0.3) is 3.79 Å². The summed E-state index contributed by atoms with van der Waals surface area (Å²) in [6.45, 7) is 10.5. The van der Waals surface area contributed by atoms with E-state index in [4.69, 9.17) is 111 Å². The van der Waals surface area contributed by atoms with Crippen LogP contribution in [0.2, 0.25) is 0 Å². The van der Waals surface area contributed by atoms with Crippen molar-refractivity contribution in [3.05, 3.63) is 154 Å². The highest BCUT2D eigenvalue weighted by atomic mass is 35.6. The number of halogens is 3. The van der Waals surface area contributed by atoms with E-state index in [0.29, 0.717) is 13.2 Å². The predicted octanol–water partition coefficient (Wildman–Crippen LogP) is 10.0. The van der Waals surface area contributed by atoms with Gasteiger partial charge in [-0.2, -0.15) is 0 Å². The minimum atomic E-state index is -2.25. The fourth-order valence-electron chi connectivity index (χ4n) is 11.0. The molecule has 4 aromatic carbocycles. The average molecular weight is 1150 g/mol. The van der Waals surface area contributed by atoms with Gasteiger partial charge in [-0.15, -0.1) is 0 Å². The third-order valence-corrected chi connectivity index (χ3v) is 15.5. The number of nitrogens with one attached hydrogen (secondary N) is 1. The molecule has 0 amide bonds. The zero-order chi connectivity index (χ0) is 55.3. The summed E-state index contributed by atoms with van der Waals surface area (Å²) in [6.07, 6.45) is -12.1. The third-order valence-electron chi connectivity index (χ3n) is 15.0. The second-order valence-electron chi connectivity index (χ2n) is 21.2. The summed E-state index contributed by atoms with van der Waals surface area (Å²) in [7, 11) is 0. The molecule has 1 N–H and O–H groups in total. The van der Waals surface area contributed by atoms with Gasteiger partial charge in [-0.05, 0) is 48.9 Å². The van der Waals surface area contributed by atoms with Crippen LogP contribution in [0.4, 0.5) is 0 Å². The average Bonchev–Trinajstić information content (AvgIpc) is 4.34. The van der Waals surface area contributed by atoms with Gasteiger partial charge in [-0.25, -0.2) is 0 Å². The second-order valence-corrected chi connectivity index (χ2v) is 23.4. The minimum absolute atomic E-state index is 0.00795. The molecule has 9 unspecified atom stereocenters. The lowest BCUT2D eigenvalue weighted by Crippen LogP contribution is -2.63. The van der Waals surface area contributed by atoms with E-state index in [9.17, 15) is 5.53 Å². The van der Waals surface area contributed by atoms with Crippen molar-refractivity contribution in [1.82, 2.24) is 0 Å². The number of ether oxygens (including phenoxy) is 15. The monoisotopic (exact) mass is 1150 g/mol. The molecule has 0 radical (unpaired) electrons. The predicted molar refractivity (Wildman–Crippen MR) is 286 cm³/mol. The van der Waals surface area contributed by atoms with Crippen molar-refractivity contribution < 1.29 is 71.1 Å². The topological polar surface area (TPSA) is 211 Å². The molecule has 0 saturated carbocycles. The van der Waals surface area contributed by atoms with E-state index < -0.39 is 125 Å². The third kappa shape index (κ3) is 13.7. The Morgan fingerprint density at radius 2 is 1.27 bits per heavy atom. The fraction of sp³-hybridized carbons (Fsp3) is 0.561. The van der Waals surface area contributed by atoms with E-state index in [-0.39, 0.29) is 33.0 Å². The van der Waals surface area contributed by atoms with Crippen LogP contribution in [0.1, 0.15) is 63.2 Å². The molecular formula is C57H67Cl3N4O15. The SMILES string of the molecule is CC1C(O[C@@H]2OC[C@]3(COCc4ccccc4)O[C@@H](c4ccccc4)OC23)[C@H](OCc2ccccc2)CO[C@H]1O[C@H]1C(C)O[C@@H](OC2C(C)[C@@H](N=[N+]=[N-])C(COCc3ccccc3)O[C@@H]2OC(=N)C(Cl)(Cl)Cl)C2OC(C)(C)OC21. The number of rotatable bonds is 20. The number of azide groups is 1. The van der Waals surface area contributed by atoms with Gasteiger partial charge in [0.2, 0.25) is 12.2 Å². The molecule has 18 atom stereocenters. The summed E-state index contributed by atoms with van der Waals surface area (Å²) >= 11 is 18.4. The van der Waals surface area contributed by atoms with Crippen LogP contribution in [0, 0.1) is 17.2 Å². The quantitative estimate of drug-likeness (QED) is 0.0218. The Balaban J connectivity index is 0.869. The highest BCUT2D eigenvalue weighted by Crippen LogP contribution is 2.48. The second kappa shape index (κ2) is 25.6. The smallest absolute Gasteiger partial charge is 0.265 e. The summed E-state index contributed by atoms with van der Waals surface area (Å²) in [5.41, 5.74) is 12.6. The number of fused-ring (bicyclic) bond motifs is 2. The molecule has 6 aliphatic rings. The fourth-order valence-corrected chi connectivity index (χ4v) is 11.1. The van der Waals surface area contributed by atoms with Gasteiger partial charge in [-0.1, -0.05) is 175 Å². The van der Waals surface area contributed by atoms with Gasteiger partial charge in [-0.3, -0.25) is 5.41 Å². The highest BCUT2D eigenvalue weighted by Gasteiger charge is 2.62. The van der Waals surface area contributed by atoms with Gasteiger partial charge in [0.1, 0.15) is 42.2 Å². The maximum atomic E-state index is 9.80. The van der Waals surface area contributed by atoms with Crippen molar-refractivity contribution >= 4 is 40.7 Å². The van der Waals surface area contributed by atoms with Crippen LogP contribution in [-0.4, -0.2) is 134 Å². The van der Waals surface area contributed by atoms with E-state index in [1.165, 1.54) is 0 Å². The first-order valence-electron chi connectivity index (χ1n) is 26.6. The summed E-state index contributed by atoms with van der Waals surface area (Å²) in [5.74, 6) is -2.99. The van der Waals surface area contributed by atoms with Gasteiger partial charge < -0.3 is 71.1 Å². The molecule has 426 valence electrons. The van der Waals surface area contributed by atoms with Crippen molar-refractivity contribution in [2.75, 3.05) is 26.4 Å². The standard InChI is InChI=1S/C57H67Cl3N4O15/c1-33-42(63-64-62)40(29-65-26-36-18-10-6-11-19-36)71-51(76-54(61)57(58,59)60)44(33)73-52-47-46(77-55(4,5)78-47)45(35(3)70-52)74-49-34(2)43(41(30-68-49)67-28-38-22-14-8-15-23-38)72-53-48-56(32-69-53,31-66-27-37-20-12-7-13-21-37)79-50(75-48)39-24-16-9-17-25-39/h6-25,33-35,40-53,61H,26-32H2,1-5H3/t33?,34?,35?,40?,41-,42-,43?,44?,45+,46?,47?,48?,49+,50+,51-,52+,53+,56+/m1/s1. The lowest BCUT2D eigenvalue weighted by molar-refractivity contribution is -0.354. The molecule has 19 nitrogen and oxygen atoms in total. The van der Waals surface area contributed by atoms with E-state index in [1.54, 1.807) is 20.8 Å². The van der Waals surface area contributed by atoms with E-state index in [0.717, 1.165) is 22.3 Å².